The molecule has 0 bridgehead atoms. The second-order valence-corrected chi connectivity index (χ2v) is 4.53. The maximum atomic E-state index is 5.88. The molecule has 0 fully saturated rings. The number of benzene rings is 1. The van der Waals surface area contributed by atoms with Gasteiger partial charge in [0.05, 0.1) is 17.8 Å². The molecule has 4 heteroatoms. The van der Waals surface area contributed by atoms with Crippen LogP contribution in [0.15, 0.2) is 35.4 Å². The van der Waals surface area contributed by atoms with Gasteiger partial charge in [-0.05, 0) is 12.1 Å². The molecule has 0 saturated carbocycles. The summed E-state index contributed by atoms with van der Waals surface area (Å²) in [5.74, 6) is 0.935. The summed E-state index contributed by atoms with van der Waals surface area (Å²) >= 11 is 1.76. The number of anilines is 1. The van der Waals surface area contributed by atoms with E-state index in [1.165, 1.54) is 4.90 Å². The fourth-order valence-electron chi connectivity index (χ4n) is 1.53. The fraction of sp³-hybridized carbons (Fsp3) is 0.250. The first-order chi connectivity index (χ1) is 7.83. The van der Waals surface area contributed by atoms with Crippen molar-refractivity contribution in [1.82, 2.24) is 4.98 Å². The number of nitrogens with zero attached hydrogens (tertiary/aromatic N) is 1. The third kappa shape index (κ3) is 2.28. The van der Waals surface area contributed by atoms with Crippen molar-refractivity contribution in [2.45, 2.75) is 4.90 Å². The van der Waals surface area contributed by atoms with Gasteiger partial charge in [0, 0.05) is 29.3 Å². The summed E-state index contributed by atoms with van der Waals surface area (Å²) in [5, 5.41) is 1.11. The number of methoxy groups -OCH3 is 1. The predicted octanol–water partition coefficient (Wildman–Crippen LogP) is 2.56. The molecule has 0 spiro atoms. The van der Waals surface area contributed by atoms with E-state index in [0.717, 1.165) is 29.0 Å². The number of ether oxygens (including phenoxy) is 1. The molecule has 1 heterocycles. The molecule has 3 nitrogen and oxygen atoms in total. The van der Waals surface area contributed by atoms with Gasteiger partial charge in [0.1, 0.15) is 0 Å². The molecular formula is C12H14N2OS. The van der Waals surface area contributed by atoms with E-state index in [0.29, 0.717) is 0 Å². The Labute approximate surface area is 99.0 Å². The van der Waals surface area contributed by atoms with E-state index >= 15 is 0 Å². The number of pyridine rings is 1. The molecule has 1 aromatic carbocycles. The Morgan fingerprint density at radius 1 is 1.38 bits per heavy atom. The number of para-hydroxylation sites is 1. The highest BCUT2D eigenvalue weighted by Gasteiger charge is 2.04. The fourth-order valence-corrected chi connectivity index (χ4v) is 2.48. The number of hydrogen-bond acceptors (Lipinski definition) is 4. The van der Waals surface area contributed by atoms with Crippen molar-refractivity contribution in [1.29, 1.82) is 0 Å². The van der Waals surface area contributed by atoms with Gasteiger partial charge in [0.2, 0.25) is 0 Å². The number of nitrogen functional groups attached to an aromatic ring is 1. The van der Waals surface area contributed by atoms with Crippen molar-refractivity contribution in [3.8, 4) is 0 Å². The molecule has 2 aromatic rings. The number of fused-ring (bicyclic) bond motifs is 1. The van der Waals surface area contributed by atoms with Crippen LogP contribution in [0, 0.1) is 0 Å². The summed E-state index contributed by atoms with van der Waals surface area (Å²) in [4.78, 5) is 5.50. The molecule has 0 aliphatic rings. The second-order valence-electron chi connectivity index (χ2n) is 3.39. The van der Waals surface area contributed by atoms with Crippen LogP contribution in [0.1, 0.15) is 0 Å². The van der Waals surface area contributed by atoms with E-state index in [1.807, 2.05) is 24.3 Å². The minimum absolute atomic E-state index is 0.728. The lowest BCUT2D eigenvalue weighted by Gasteiger charge is -2.06. The van der Waals surface area contributed by atoms with Crippen molar-refractivity contribution in [3.63, 3.8) is 0 Å². The minimum Gasteiger partial charge on any atom is -0.397 e. The van der Waals surface area contributed by atoms with Gasteiger partial charge in [-0.15, -0.1) is 11.8 Å². The molecule has 0 atom stereocenters. The normalized spacial score (nSPS) is 10.8. The molecule has 84 valence electrons. The molecule has 1 aromatic heterocycles. The van der Waals surface area contributed by atoms with E-state index < -0.39 is 0 Å². The highest BCUT2D eigenvalue weighted by atomic mass is 32.2. The first kappa shape index (κ1) is 11.2. The molecule has 16 heavy (non-hydrogen) atoms. The zero-order valence-electron chi connectivity index (χ0n) is 9.14. The van der Waals surface area contributed by atoms with Crippen LogP contribution >= 0.6 is 11.8 Å². The average molecular weight is 234 g/mol. The Hall–Kier alpha value is -1.26. The van der Waals surface area contributed by atoms with Crippen LogP contribution in [0.3, 0.4) is 0 Å². The van der Waals surface area contributed by atoms with Crippen LogP contribution in [0.2, 0.25) is 0 Å². The average Bonchev–Trinajstić information content (AvgIpc) is 2.31. The van der Waals surface area contributed by atoms with Gasteiger partial charge in [0.25, 0.3) is 0 Å². The number of thioether (sulfide) groups is 1. The van der Waals surface area contributed by atoms with Gasteiger partial charge in [-0.25, -0.2) is 0 Å². The lowest BCUT2D eigenvalue weighted by molar-refractivity contribution is 0.218. The van der Waals surface area contributed by atoms with Crippen molar-refractivity contribution < 1.29 is 4.74 Å². The topological polar surface area (TPSA) is 48.1 Å². The van der Waals surface area contributed by atoms with Crippen LogP contribution in [0.4, 0.5) is 5.69 Å². The number of rotatable bonds is 4. The molecule has 0 amide bonds. The summed E-state index contributed by atoms with van der Waals surface area (Å²) < 4.78 is 5.04. The standard InChI is InChI=1S/C12H14N2OS/c1-15-7-8-16-11-5-6-14-12-9(11)3-2-4-10(12)13/h2-6H,7-8,13H2,1H3. The summed E-state index contributed by atoms with van der Waals surface area (Å²) in [5.41, 5.74) is 7.49. The minimum atomic E-state index is 0.728. The molecule has 0 aliphatic heterocycles. The molecule has 0 unspecified atom stereocenters. The monoisotopic (exact) mass is 234 g/mol. The molecule has 2 rings (SSSR count). The SMILES string of the molecule is COCCSc1ccnc2c(N)cccc12. The third-order valence-corrected chi connectivity index (χ3v) is 3.35. The lowest BCUT2D eigenvalue weighted by atomic mass is 10.2. The van der Waals surface area contributed by atoms with E-state index in [2.05, 4.69) is 4.98 Å². The first-order valence-electron chi connectivity index (χ1n) is 5.08. The van der Waals surface area contributed by atoms with Gasteiger partial charge in [-0.3, -0.25) is 4.98 Å². The summed E-state index contributed by atoms with van der Waals surface area (Å²) in [6.07, 6.45) is 1.80. The van der Waals surface area contributed by atoms with Gasteiger partial charge in [-0.1, -0.05) is 12.1 Å². The summed E-state index contributed by atoms with van der Waals surface area (Å²) in [6, 6.07) is 7.90. The van der Waals surface area contributed by atoms with Crippen molar-refractivity contribution in [2.24, 2.45) is 0 Å². The molecular weight excluding hydrogens is 220 g/mol. The quantitative estimate of drug-likeness (QED) is 0.502. The van der Waals surface area contributed by atoms with Gasteiger partial charge < -0.3 is 10.5 Å². The molecule has 0 saturated heterocycles. The van der Waals surface area contributed by atoms with E-state index in [4.69, 9.17) is 10.5 Å². The second kappa shape index (κ2) is 5.18. The third-order valence-electron chi connectivity index (χ3n) is 2.31. The van der Waals surface area contributed by atoms with Crippen LogP contribution in [-0.4, -0.2) is 24.5 Å². The van der Waals surface area contributed by atoms with Crippen molar-refractivity contribution in [2.75, 3.05) is 25.2 Å². The smallest absolute Gasteiger partial charge is 0.0942 e. The summed E-state index contributed by atoms with van der Waals surface area (Å²) in [6.45, 7) is 0.747. The van der Waals surface area contributed by atoms with Gasteiger partial charge in [0.15, 0.2) is 0 Å². The zero-order valence-corrected chi connectivity index (χ0v) is 9.96. The Morgan fingerprint density at radius 3 is 3.06 bits per heavy atom. The molecule has 0 aliphatic carbocycles. The Kier molecular flexibility index (Phi) is 3.64. The van der Waals surface area contributed by atoms with E-state index in [1.54, 1.807) is 25.1 Å². The highest BCUT2D eigenvalue weighted by molar-refractivity contribution is 7.99. The van der Waals surface area contributed by atoms with E-state index in [-0.39, 0.29) is 0 Å². The molecule has 2 N–H and O–H groups in total. The molecule has 0 radical (unpaired) electrons. The number of aromatic nitrogens is 1. The van der Waals surface area contributed by atoms with Gasteiger partial charge >= 0.3 is 0 Å². The number of hydrogen-bond donors (Lipinski definition) is 1. The maximum Gasteiger partial charge on any atom is 0.0942 e. The van der Waals surface area contributed by atoms with Crippen LogP contribution in [0.25, 0.3) is 10.9 Å². The lowest BCUT2D eigenvalue weighted by Crippen LogP contribution is -1.93. The zero-order chi connectivity index (χ0) is 11.4. The Morgan fingerprint density at radius 2 is 2.25 bits per heavy atom. The van der Waals surface area contributed by atoms with Gasteiger partial charge in [-0.2, -0.15) is 0 Å². The largest absolute Gasteiger partial charge is 0.397 e. The predicted molar refractivity (Wildman–Crippen MR) is 68.8 cm³/mol. The van der Waals surface area contributed by atoms with Crippen molar-refractivity contribution in [3.05, 3.63) is 30.5 Å². The number of nitrogens with two attached hydrogens (primary N) is 1. The maximum absolute atomic E-state index is 5.88. The van der Waals surface area contributed by atoms with E-state index in [9.17, 15) is 0 Å². The van der Waals surface area contributed by atoms with Crippen LogP contribution in [0.5, 0.6) is 0 Å². The summed E-state index contributed by atoms with van der Waals surface area (Å²) in [7, 11) is 1.71. The Bertz CT molecular complexity index is 487. The first-order valence-corrected chi connectivity index (χ1v) is 6.06. The van der Waals surface area contributed by atoms with Crippen LogP contribution in [-0.2, 0) is 4.74 Å². The Balaban J connectivity index is 2.34. The highest BCUT2D eigenvalue weighted by Crippen LogP contribution is 2.28. The van der Waals surface area contributed by atoms with Crippen molar-refractivity contribution >= 4 is 28.4 Å². The van der Waals surface area contributed by atoms with Crippen LogP contribution < -0.4 is 5.73 Å².